The fourth-order valence-corrected chi connectivity index (χ4v) is 1.68. The zero-order valence-corrected chi connectivity index (χ0v) is 10.5. The van der Waals surface area contributed by atoms with Crippen molar-refractivity contribution in [3.8, 4) is 0 Å². The summed E-state index contributed by atoms with van der Waals surface area (Å²) in [5, 5.41) is 10.2. The summed E-state index contributed by atoms with van der Waals surface area (Å²) in [6.07, 6.45) is 0. The first kappa shape index (κ1) is 12.3. The van der Waals surface area contributed by atoms with Gasteiger partial charge in [-0.2, -0.15) is 5.11 Å². The second-order valence-corrected chi connectivity index (χ2v) is 4.18. The molecule has 0 saturated carbocycles. The van der Waals surface area contributed by atoms with Gasteiger partial charge in [0.1, 0.15) is 0 Å². The summed E-state index contributed by atoms with van der Waals surface area (Å²) in [6.45, 7) is 1.40. The smallest absolute Gasteiger partial charge is 0.0870 e. The topological polar surface area (TPSA) is 28.0 Å². The summed E-state index contributed by atoms with van der Waals surface area (Å²) in [5.74, 6) is 0. The predicted octanol–water partition coefficient (Wildman–Crippen LogP) is 3.69. The van der Waals surface area contributed by atoms with E-state index in [1.54, 1.807) is 0 Å². The van der Waals surface area contributed by atoms with E-state index in [4.69, 9.17) is 0 Å². The number of nitrogens with zero attached hydrogens (tertiary/aromatic N) is 3. The third kappa shape index (κ3) is 4.01. The molecular weight excluding hydrogens is 222 g/mol. The minimum atomic E-state index is 0.625. The molecule has 0 amide bonds. The van der Waals surface area contributed by atoms with Gasteiger partial charge in [-0.25, -0.2) is 0 Å². The molecule has 0 radical (unpaired) electrons. The zero-order chi connectivity index (χ0) is 12.6. The highest BCUT2D eigenvalue weighted by Gasteiger charge is 1.95. The Labute approximate surface area is 108 Å². The van der Waals surface area contributed by atoms with Gasteiger partial charge in [-0.15, -0.1) is 0 Å². The molecule has 3 nitrogen and oxygen atoms in total. The van der Waals surface area contributed by atoms with Crippen molar-refractivity contribution in [2.45, 2.75) is 13.1 Å². The molecule has 0 bridgehead atoms. The fraction of sp³-hybridized carbons (Fsp3) is 0.200. The minimum absolute atomic E-state index is 0.625. The van der Waals surface area contributed by atoms with Gasteiger partial charge in [-0.3, -0.25) is 5.01 Å². The van der Waals surface area contributed by atoms with Gasteiger partial charge in [0.05, 0.1) is 13.1 Å². The third-order valence-corrected chi connectivity index (χ3v) is 2.57. The minimum Gasteiger partial charge on any atom is -0.277 e. The van der Waals surface area contributed by atoms with Crippen molar-refractivity contribution in [1.29, 1.82) is 0 Å². The Morgan fingerprint density at radius 3 is 2.00 bits per heavy atom. The van der Waals surface area contributed by atoms with E-state index in [0.29, 0.717) is 6.54 Å². The molecule has 0 aliphatic carbocycles. The quantitative estimate of drug-likeness (QED) is 0.577. The molecule has 0 spiro atoms. The van der Waals surface area contributed by atoms with Crippen LogP contribution in [0.15, 0.2) is 71.0 Å². The van der Waals surface area contributed by atoms with Crippen LogP contribution in [0.1, 0.15) is 11.1 Å². The first-order chi connectivity index (χ1) is 8.84. The Bertz CT molecular complexity index is 480. The molecule has 2 aromatic carbocycles. The average molecular weight is 239 g/mol. The maximum atomic E-state index is 4.19. The Morgan fingerprint density at radius 2 is 1.39 bits per heavy atom. The van der Waals surface area contributed by atoms with Crippen LogP contribution in [0.4, 0.5) is 0 Å². The molecule has 0 heterocycles. The average Bonchev–Trinajstić information content (AvgIpc) is 2.41. The number of hydrogen-bond acceptors (Lipinski definition) is 2. The summed E-state index contributed by atoms with van der Waals surface area (Å²) >= 11 is 0. The molecule has 2 aromatic rings. The lowest BCUT2D eigenvalue weighted by Crippen LogP contribution is -2.09. The van der Waals surface area contributed by atoms with Crippen LogP contribution in [-0.2, 0) is 13.1 Å². The van der Waals surface area contributed by atoms with Gasteiger partial charge >= 0.3 is 0 Å². The highest BCUT2D eigenvalue weighted by molar-refractivity contribution is 5.14. The molecule has 3 heteroatoms. The van der Waals surface area contributed by atoms with Crippen molar-refractivity contribution < 1.29 is 0 Å². The summed E-state index contributed by atoms with van der Waals surface area (Å²) in [6, 6.07) is 20.4. The molecule has 0 unspecified atom stereocenters. The van der Waals surface area contributed by atoms with Crippen molar-refractivity contribution in [2.24, 2.45) is 10.3 Å². The van der Waals surface area contributed by atoms with Gasteiger partial charge in [0.2, 0.25) is 0 Å². The Kier molecular flexibility index (Phi) is 4.47. The monoisotopic (exact) mass is 239 g/mol. The lowest BCUT2D eigenvalue weighted by atomic mass is 10.2. The van der Waals surface area contributed by atoms with Gasteiger partial charge in [-0.1, -0.05) is 65.9 Å². The zero-order valence-electron chi connectivity index (χ0n) is 10.5. The van der Waals surface area contributed by atoms with Crippen molar-refractivity contribution in [1.82, 2.24) is 5.01 Å². The van der Waals surface area contributed by atoms with E-state index in [0.717, 1.165) is 6.54 Å². The van der Waals surface area contributed by atoms with Crippen molar-refractivity contribution in [2.75, 3.05) is 7.05 Å². The molecular formula is C15H17N3. The van der Waals surface area contributed by atoms with Crippen molar-refractivity contribution in [3.63, 3.8) is 0 Å². The lowest BCUT2D eigenvalue weighted by molar-refractivity contribution is 0.317. The van der Waals surface area contributed by atoms with E-state index in [-0.39, 0.29) is 0 Å². The Hall–Kier alpha value is -2.16. The summed E-state index contributed by atoms with van der Waals surface area (Å²) in [7, 11) is 1.93. The summed E-state index contributed by atoms with van der Waals surface area (Å²) in [5.41, 5.74) is 2.41. The molecule has 0 atom stereocenters. The van der Waals surface area contributed by atoms with Crippen molar-refractivity contribution >= 4 is 0 Å². The predicted molar refractivity (Wildman–Crippen MR) is 72.9 cm³/mol. The molecule has 0 aromatic heterocycles. The van der Waals surface area contributed by atoms with E-state index >= 15 is 0 Å². The summed E-state index contributed by atoms with van der Waals surface area (Å²) < 4.78 is 0. The molecule has 0 saturated heterocycles. The maximum absolute atomic E-state index is 4.19. The first-order valence-electron chi connectivity index (χ1n) is 6.01. The van der Waals surface area contributed by atoms with Gasteiger partial charge in [0, 0.05) is 7.05 Å². The second-order valence-electron chi connectivity index (χ2n) is 4.18. The normalized spacial score (nSPS) is 10.7. The van der Waals surface area contributed by atoms with Crippen molar-refractivity contribution in [3.05, 3.63) is 71.8 Å². The molecule has 2 rings (SSSR count). The number of hydrogen-bond donors (Lipinski definition) is 0. The molecule has 0 N–H and O–H groups in total. The number of rotatable bonds is 5. The molecule has 0 aliphatic rings. The molecule has 0 fully saturated rings. The fourth-order valence-electron chi connectivity index (χ4n) is 1.68. The Balaban J connectivity index is 1.82. The van der Waals surface area contributed by atoms with E-state index in [9.17, 15) is 0 Å². The van der Waals surface area contributed by atoms with Crippen LogP contribution in [0.2, 0.25) is 0 Å². The Morgan fingerprint density at radius 1 is 0.833 bits per heavy atom. The molecule has 0 aliphatic heterocycles. The van der Waals surface area contributed by atoms with E-state index in [1.807, 2.05) is 48.5 Å². The van der Waals surface area contributed by atoms with E-state index < -0.39 is 0 Å². The van der Waals surface area contributed by atoms with Crippen LogP contribution in [0, 0.1) is 0 Å². The maximum Gasteiger partial charge on any atom is 0.0870 e. The highest BCUT2D eigenvalue weighted by Crippen LogP contribution is 2.04. The summed E-state index contributed by atoms with van der Waals surface area (Å²) in [4.78, 5) is 0. The van der Waals surface area contributed by atoms with Crippen LogP contribution in [0.5, 0.6) is 0 Å². The first-order valence-corrected chi connectivity index (χ1v) is 6.01. The van der Waals surface area contributed by atoms with E-state index in [2.05, 4.69) is 34.6 Å². The number of benzene rings is 2. The molecule has 18 heavy (non-hydrogen) atoms. The second kappa shape index (κ2) is 6.55. The van der Waals surface area contributed by atoms with Gasteiger partial charge in [0.25, 0.3) is 0 Å². The standard InChI is InChI=1S/C15H17N3/c1-18(13-15-10-6-3-7-11-15)17-16-12-14-8-4-2-5-9-14/h2-11H,12-13H2,1H3. The van der Waals surface area contributed by atoms with Crippen LogP contribution in [0.3, 0.4) is 0 Å². The molecule has 92 valence electrons. The van der Waals surface area contributed by atoms with Gasteiger partial charge in [0.15, 0.2) is 0 Å². The lowest BCUT2D eigenvalue weighted by Gasteiger charge is -2.10. The van der Waals surface area contributed by atoms with Crippen LogP contribution in [-0.4, -0.2) is 12.1 Å². The van der Waals surface area contributed by atoms with Crippen LogP contribution in [0.25, 0.3) is 0 Å². The third-order valence-electron chi connectivity index (χ3n) is 2.57. The largest absolute Gasteiger partial charge is 0.277 e. The van der Waals surface area contributed by atoms with Crippen LogP contribution < -0.4 is 0 Å². The van der Waals surface area contributed by atoms with E-state index in [1.165, 1.54) is 11.1 Å². The van der Waals surface area contributed by atoms with Gasteiger partial charge < -0.3 is 0 Å². The highest BCUT2D eigenvalue weighted by atomic mass is 15.5. The SMILES string of the molecule is CN(Cc1ccccc1)N=NCc1ccccc1. The van der Waals surface area contributed by atoms with Crippen LogP contribution >= 0.6 is 0 Å². The van der Waals surface area contributed by atoms with Gasteiger partial charge in [-0.05, 0) is 11.1 Å².